The van der Waals surface area contributed by atoms with Crippen LogP contribution in [0.15, 0.2) is 47.6 Å². The van der Waals surface area contributed by atoms with Gasteiger partial charge in [-0.3, -0.25) is 14.9 Å². The maximum Gasteiger partial charge on any atom is 0.271 e. The lowest BCUT2D eigenvalue weighted by Crippen LogP contribution is -2.15. The average Bonchev–Trinajstić information content (AvgIpc) is 3.18. The lowest BCUT2D eigenvalue weighted by atomic mass is 10.3. The minimum Gasteiger partial charge on any atom is -0.492 e. The topological polar surface area (TPSA) is 112 Å². The van der Waals surface area contributed by atoms with Crippen LogP contribution in [0.2, 0.25) is 10.0 Å². The highest BCUT2D eigenvalue weighted by atomic mass is 35.5. The lowest BCUT2D eigenvalue weighted by Gasteiger charge is -2.09. The van der Waals surface area contributed by atoms with Crippen molar-refractivity contribution in [2.75, 3.05) is 17.7 Å². The largest absolute Gasteiger partial charge is 0.492 e. The van der Waals surface area contributed by atoms with Gasteiger partial charge in [0.1, 0.15) is 11.6 Å². The molecule has 2 aromatic carbocycles. The Bertz CT molecular complexity index is 1140. The summed E-state index contributed by atoms with van der Waals surface area (Å²) in [6.45, 7) is 3.08. The summed E-state index contributed by atoms with van der Waals surface area (Å²) >= 11 is 13.2. The van der Waals surface area contributed by atoms with Gasteiger partial charge in [0, 0.05) is 35.8 Å². The molecule has 0 radical (unpaired) electrons. The standard InChI is InChI=1S/C21H21Cl2N5O4S/c1-2-27-19(7-4-10-32-18-9-8-14(22)11-17(18)23)25-26-21(27)33-13-20(29)24-15-5-3-6-16(12-15)28(30)31/h3,5-6,8-9,11-12H,2,4,7,10,13H2,1H3,(H,24,29). The number of anilines is 1. The Hall–Kier alpha value is -2.82. The molecule has 0 unspecified atom stereocenters. The van der Waals surface area contributed by atoms with Gasteiger partial charge in [-0.25, -0.2) is 0 Å². The fourth-order valence-corrected chi connectivity index (χ4v) is 4.24. The van der Waals surface area contributed by atoms with E-state index in [0.29, 0.717) is 52.6 Å². The van der Waals surface area contributed by atoms with Crippen LogP contribution in [0.25, 0.3) is 0 Å². The maximum absolute atomic E-state index is 12.3. The molecule has 174 valence electrons. The minimum atomic E-state index is -0.509. The van der Waals surface area contributed by atoms with E-state index in [1.165, 1.54) is 30.0 Å². The SMILES string of the molecule is CCn1c(CCCOc2ccc(Cl)cc2Cl)nnc1SCC(=O)Nc1cccc([N+](=O)[O-])c1. The highest BCUT2D eigenvalue weighted by molar-refractivity contribution is 7.99. The summed E-state index contributed by atoms with van der Waals surface area (Å²) in [6.07, 6.45) is 1.35. The van der Waals surface area contributed by atoms with E-state index in [4.69, 9.17) is 27.9 Å². The van der Waals surface area contributed by atoms with Crippen molar-refractivity contribution in [3.8, 4) is 5.75 Å². The van der Waals surface area contributed by atoms with Crippen LogP contribution >= 0.6 is 35.0 Å². The molecule has 9 nitrogen and oxygen atoms in total. The van der Waals surface area contributed by atoms with E-state index >= 15 is 0 Å². The second-order valence-corrected chi connectivity index (χ2v) is 8.60. The number of halogens is 2. The zero-order valence-corrected chi connectivity index (χ0v) is 20.0. The number of hydrogen-bond donors (Lipinski definition) is 1. The van der Waals surface area contributed by atoms with Crippen molar-refractivity contribution in [3.63, 3.8) is 0 Å². The van der Waals surface area contributed by atoms with Crippen molar-refractivity contribution in [1.82, 2.24) is 14.8 Å². The zero-order chi connectivity index (χ0) is 23.8. The summed E-state index contributed by atoms with van der Waals surface area (Å²) in [5.41, 5.74) is 0.284. The van der Waals surface area contributed by atoms with Crippen LogP contribution in [0, 0.1) is 10.1 Å². The molecule has 3 rings (SSSR count). The first kappa shape index (κ1) is 24.8. The predicted octanol–water partition coefficient (Wildman–Crippen LogP) is 5.26. The third kappa shape index (κ3) is 7.08. The van der Waals surface area contributed by atoms with Gasteiger partial charge >= 0.3 is 0 Å². The molecule has 0 saturated heterocycles. The number of thioether (sulfide) groups is 1. The molecular formula is C21H21Cl2N5O4S. The molecule has 0 aliphatic heterocycles. The van der Waals surface area contributed by atoms with Crippen LogP contribution in [0.5, 0.6) is 5.75 Å². The van der Waals surface area contributed by atoms with E-state index in [2.05, 4.69) is 15.5 Å². The smallest absolute Gasteiger partial charge is 0.271 e. The number of rotatable bonds is 11. The zero-order valence-electron chi connectivity index (χ0n) is 17.7. The third-order valence-electron chi connectivity index (χ3n) is 4.48. The van der Waals surface area contributed by atoms with E-state index in [0.717, 1.165) is 5.82 Å². The number of nitro groups is 1. The lowest BCUT2D eigenvalue weighted by molar-refractivity contribution is -0.384. The van der Waals surface area contributed by atoms with Gasteiger partial charge in [0.15, 0.2) is 5.16 Å². The van der Waals surface area contributed by atoms with Crippen molar-refractivity contribution < 1.29 is 14.5 Å². The van der Waals surface area contributed by atoms with E-state index in [9.17, 15) is 14.9 Å². The fourth-order valence-electron chi connectivity index (χ4n) is 2.96. The number of non-ortho nitro benzene ring substituents is 1. The van der Waals surface area contributed by atoms with E-state index in [1.807, 2.05) is 11.5 Å². The number of nitrogens with zero attached hydrogens (tertiary/aromatic N) is 4. The predicted molar refractivity (Wildman–Crippen MR) is 128 cm³/mol. The van der Waals surface area contributed by atoms with Crippen LogP contribution in [0.4, 0.5) is 11.4 Å². The molecule has 0 aliphatic rings. The number of carbonyl (C=O) groups excluding carboxylic acids is 1. The molecule has 0 spiro atoms. The number of aromatic nitrogens is 3. The van der Waals surface area contributed by atoms with Gasteiger partial charge in [-0.1, -0.05) is 41.0 Å². The Balaban J connectivity index is 1.50. The first-order valence-electron chi connectivity index (χ1n) is 10.0. The molecule has 0 saturated carbocycles. The summed E-state index contributed by atoms with van der Waals surface area (Å²) in [4.78, 5) is 22.6. The monoisotopic (exact) mass is 509 g/mol. The van der Waals surface area contributed by atoms with Crippen LogP contribution in [0.1, 0.15) is 19.2 Å². The van der Waals surface area contributed by atoms with Crippen molar-refractivity contribution in [2.24, 2.45) is 0 Å². The normalized spacial score (nSPS) is 10.8. The molecule has 1 N–H and O–H groups in total. The molecule has 0 fully saturated rings. The number of aryl methyl sites for hydroxylation is 1. The van der Waals surface area contributed by atoms with Crippen molar-refractivity contribution in [3.05, 3.63) is 68.4 Å². The molecule has 0 atom stereocenters. The number of ether oxygens (including phenoxy) is 1. The number of benzene rings is 2. The Morgan fingerprint density at radius 1 is 1.24 bits per heavy atom. The van der Waals surface area contributed by atoms with Gasteiger partial charge in [0.25, 0.3) is 5.69 Å². The minimum absolute atomic E-state index is 0.0851. The van der Waals surface area contributed by atoms with Gasteiger partial charge in [-0.2, -0.15) is 0 Å². The van der Waals surface area contributed by atoms with Crippen LogP contribution in [-0.2, 0) is 17.8 Å². The summed E-state index contributed by atoms with van der Waals surface area (Å²) in [7, 11) is 0. The second-order valence-electron chi connectivity index (χ2n) is 6.81. The van der Waals surface area contributed by atoms with Crippen LogP contribution in [0.3, 0.4) is 0 Å². The van der Waals surface area contributed by atoms with Crippen molar-refractivity contribution in [2.45, 2.75) is 31.5 Å². The van der Waals surface area contributed by atoms with Gasteiger partial charge in [0.2, 0.25) is 5.91 Å². The molecule has 12 heteroatoms. The van der Waals surface area contributed by atoms with E-state index in [-0.39, 0.29) is 17.3 Å². The molecule has 0 bridgehead atoms. The first-order valence-corrected chi connectivity index (χ1v) is 11.8. The van der Waals surface area contributed by atoms with E-state index in [1.54, 1.807) is 24.3 Å². The van der Waals surface area contributed by atoms with Crippen LogP contribution in [-0.4, -0.2) is 38.0 Å². The highest BCUT2D eigenvalue weighted by Gasteiger charge is 2.14. The number of hydrogen-bond acceptors (Lipinski definition) is 7. The number of amides is 1. The molecule has 1 heterocycles. The van der Waals surface area contributed by atoms with Gasteiger partial charge in [0.05, 0.1) is 22.3 Å². The average molecular weight is 510 g/mol. The van der Waals surface area contributed by atoms with Gasteiger partial charge in [-0.15, -0.1) is 10.2 Å². The highest BCUT2D eigenvalue weighted by Crippen LogP contribution is 2.27. The van der Waals surface area contributed by atoms with Crippen LogP contribution < -0.4 is 10.1 Å². The maximum atomic E-state index is 12.3. The molecule has 3 aromatic rings. The Kier molecular flexibility index (Phi) is 8.93. The summed E-state index contributed by atoms with van der Waals surface area (Å²) in [5, 5.41) is 23.6. The Labute approximate surface area is 204 Å². The van der Waals surface area contributed by atoms with Crippen molar-refractivity contribution in [1.29, 1.82) is 0 Å². The van der Waals surface area contributed by atoms with Gasteiger partial charge in [-0.05, 0) is 37.6 Å². The molecular weight excluding hydrogens is 489 g/mol. The molecule has 1 amide bonds. The van der Waals surface area contributed by atoms with Gasteiger partial charge < -0.3 is 14.6 Å². The molecule has 33 heavy (non-hydrogen) atoms. The Morgan fingerprint density at radius 3 is 2.79 bits per heavy atom. The molecule has 0 aliphatic carbocycles. The fraction of sp³-hybridized carbons (Fsp3) is 0.286. The summed E-state index contributed by atoms with van der Waals surface area (Å²) < 4.78 is 7.65. The number of nitro benzene ring substituents is 1. The van der Waals surface area contributed by atoms with E-state index < -0.39 is 4.92 Å². The second kappa shape index (κ2) is 11.9. The van der Waals surface area contributed by atoms with Crippen molar-refractivity contribution >= 4 is 52.2 Å². The summed E-state index contributed by atoms with van der Waals surface area (Å²) in [5.74, 6) is 1.17. The first-order chi connectivity index (χ1) is 15.9. The number of carbonyl (C=O) groups is 1. The Morgan fingerprint density at radius 2 is 2.06 bits per heavy atom. The quantitative estimate of drug-likeness (QED) is 0.162. The molecule has 1 aromatic heterocycles. The number of nitrogens with one attached hydrogen (secondary N) is 1. The third-order valence-corrected chi connectivity index (χ3v) is 5.98. The summed E-state index contributed by atoms with van der Waals surface area (Å²) in [6, 6.07) is 10.9.